The minimum atomic E-state index is -3.63. The number of hydrogen-bond acceptors (Lipinski definition) is 4. The molecule has 98 valence electrons. The topological polar surface area (TPSA) is 101 Å². The molecule has 2 rings (SSSR count). The molecule has 1 amide bonds. The van der Waals surface area contributed by atoms with Gasteiger partial charge < -0.3 is 11.1 Å². The first-order chi connectivity index (χ1) is 8.53. The molecular weight excluding hydrogens is 254 g/mol. The van der Waals surface area contributed by atoms with E-state index in [0.717, 1.165) is 0 Å². The summed E-state index contributed by atoms with van der Waals surface area (Å²) in [6.45, 7) is 0.474. The number of nitrogens with one attached hydrogen (secondary N) is 2. The Hall–Kier alpha value is -1.44. The lowest BCUT2D eigenvalue weighted by Gasteiger charge is -2.13. The maximum atomic E-state index is 12.2. The Labute approximate surface area is 106 Å². The van der Waals surface area contributed by atoms with Gasteiger partial charge in [0, 0.05) is 25.6 Å². The summed E-state index contributed by atoms with van der Waals surface area (Å²) in [6.07, 6.45) is 0.171. The van der Waals surface area contributed by atoms with Crippen LogP contribution in [-0.4, -0.2) is 26.9 Å². The van der Waals surface area contributed by atoms with Gasteiger partial charge in [0.15, 0.2) is 0 Å². The molecule has 1 aromatic rings. The van der Waals surface area contributed by atoms with E-state index in [1.54, 1.807) is 18.2 Å². The lowest BCUT2D eigenvalue weighted by molar-refractivity contribution is -0.119. The van der Waals surface area contributed by atoms with Crippen molar-refractivity contribution in [1.82, 2.24) is 10.0 Å². The number of hydrogen-bond donors (Lipinski definition) is 3. The summed E-state index contributed by atoms with van der Waals surface area (Å²) in [5, 5.41) is 2.58. The van der Waals surface area contributed by atoms with E-state index in [0.29, 0.717) is 12.1 Å². The largest absolute Gasteiger partial charge is 0.354 e. The second-order valence-electron chi connectivity index (χ2n) is 4.14. The molecule has 6 nitrogen and oxygen atoms in total. The minimum absolute atomic E-state index is 0.144. The summed E-state index contributed by atoms with van der Waals surface area (Å²) >= 11 is 0. The minimum Gasteiger partial charge on any atom is -0.354 e. The molecule has 7 heteroatoms. The summed E-state index contributed by atoms with van der Waals surface area (Å²) in [5.74, 6) is -0.144. The van der Waals surface area contributed by atoms with Crippen LogP contribution in [0, 0.1) is 0 Å². The van der Waals surface area contributed by atoms with Crippen LogP contribution in [-0.2, 0) is 21.4 Å². The first-order valence-corrected chi connectivity index (χ1v) is 7.08. The fourth-order valence-electron chi connectivity index (χ4n) is 1.91. The Kier molecular flexibility index (Phi) is 3.65. The Morgan fingerprint density at radius 1 is 1.39 bits per heavy atom. The molecule has 1 fully saturated rings. The highest BCUT2D eigenvalue weighted by Gasteiger charge is 2.27. The standard InChI is InChI=1S/C11H15N3O3S/c12-6-8-3-1-2-4-10(8)18(16,17)14-9-5-11(15)13-7-9/h1-4,9,14H,5-7,12H2,(H,13,15). The van der Waals surface area contributed by atoms with E-state index < -0.39 is 16.1 Å². The van der Waals surface area contributed by atoms with Gasteiger partial charge in [-0.05, 0) is 11.6 Å². The van der Waals surface area contributed by atoms with Gasteiger partial charge in [0.1, 0.15) is 0 Å². The first-order valence-electron chi connectivity index (χ1n) is 5.60. The molecule has 0 spiro atoms. The highest BCUT2D eigenvalue weighted by molar-refractivity contribution is 7.89. The van der Waals surface area contributed by atoms with Gasteiger partial charge in [-0.15, -0.1) is 0 Å². The van der Waals surface area contributed by atoms with Crippen molar-refractivity contribution in [3.63, 3.8) is 0 Å². The summed E-state index contributed by atoms with van der Waals surface area (Å²) in [6, 6.07) is 6.17. The van der Waals surface area contributed by atoms with Crippen molar-refractivity contribution in [2.45, 2.75) is 23.9 Å². The third kappa shape index (κ3) is 2.69. The molecule has 0 bridgehead atoms. The van der Waals surface area contributed by atoms with Gasteiger partial charge in [-0.2, -0.15) is 0 Å². The van der Waals surface area contributed by atoms with Crippen molar-refractivity contribution in [1.29, 1.82) is 0 Å². The second kappa shape index (κ2) is 5.05. The molecule has 0 radical (unpaired) electrons. The van der Waals surface area contributed by atoms with Gasteiger partial charge >= 0.3 is 0 Å². The zero-order chi connectivity index (χ0) is 13.2. The molecule has 4 N–H and O–H groups in total. The molecule has 0 aromatic heterocycles. The van der Waals surface area contributed by atoms with Crippen molar-refractivity contribution in [2.24, 2.45) is 5.73 Å². The highest BCUT2D eigenvalue weighted by Crippen LogP contribution is 2.16. The van der Waals surface area contributed by atoms with Crippen LogP contribution in [0.5, 0.6) is 0 Å². The summed E-state index contributed by atoms with van der Waals surface area (Å²) in [5.41, 5.74) is 6.08. The Morgan fingerprint density at radius 3 is 2.72 bits per heavy atom. The van der Waals surface area contributed by atoms with Gasteiger partial charge in [-0.3, -0.25) is 4.79 Å². The summed E-state index contributed by atoms with van der Waals surface area (Å²) in [7, 11) is -3.63. The van der Waals surface area contributed by atoms with Gasteiger partial charge in [-0.25, -0.2) is 13.1 Å². The predicted octanol–water partition coefficient (Wildman–Crippen LogP) is -0.688. The number of sulfonamides is 1. The van der Waals surface area contributed by atoms with Crippen molar-refractivity contribution in [3.05, 3.63) is 29.8 Å². The maximum Gasteiger partial charge on any atom is 0.241 e. The van der Waals surface area contributed by atoms with Crippen LogP contribution in [0.2, 0.25) is 0 Å². The molecule has 1 aliphatic heterocycles. The molecule has 1 aliphatic rings. The van der Waals surface area contributed by atoms with E-state index in [1.165, 1.54) is 6.07 Å². The first kappa shape index (κ1) is 13.0. The summed E-state index contributed by atoms with van der Waals surface area (Å²) < 4.78 is 26.8. The Morgan fingerprint density at radius 2 is 2.11 bits per heavy atom. The summed E-state index contributed by atoms with van der Waals surface area (Å²) in [4.78, 5) is 11.2. The maximum absolute atomic E-state index is 12.2. The number of carbonyl (C=O) groups excluding carboxylic acids is 1. The molecule has 1 atom stereocenters. The smallest absolute Gasteiger partial charge is 0.241 e. The average Bonchev–Trinajstić information content (AvgIpc) is 2.74. The third-order valence-electron chi connectivity index (χ3n) is 2.78. The molecule has 0 aliphatic carbocycles. The highest BCUT2D eigenvalue weighted by atomic mass is 32.2. The second-order valence-corrected chi connectivity index (χ2v) is 5.82. The Bertz CT molecular complexity index is 556. The fraction of sp³-hybridized carbons (Fsp3) is 0.364. The number of benzene rings is 1. The van der Waals surface area contributed by atoms with Crippen LogP contribution >= 0.6 is 0 Å². The van der Waals surface area contributed by atoms with Crippen molar-refractivity contribution >= 4 is 15.9 Å². The van der Waals surface area contributed by atoms with Crippen LogP contribution in [0.1, 0.15) is 12.0 Å². The van der Waals surface area contributed by atoms with Crippen LogP contribution in [0.15, 0.2) is 29.2 Å². The van der Waals surface area contributed by atoms with Crippen LogP contribution in [0.3, 0.4) is 0 Å². The van der Waals surface area contributed by atoms with Gasteiger partial charge in [0.25, 0.3) is 0 Å². The van der Waals surface area contributed by atoms with E-state index in [-0.39, 0.29) is 23.8 Å². The molecule has 0 saturated carbocycles. The lowest BCUT2D eigenvalue weighted by Crippen LogP contribution is -2.36. The molecule has 1 saturated heterocycles. The van der Waals surface area contributed by atoms with Gasteiger partial charge in [0.2, 0.25) is 15.9 Å². The Balaban J connectivity index is 2.22. The van der Waals surface area contributed by atoms with Crippen molar-refractivity contribution < 1.29 is 13.2 Å². The van der Waals surface area contributed by atoms with Crippen molar-refractivity contribution in [2.75, 3.05) is 6.54 Å². The zero-order valence-electron chi connectivity index (χ0n) is 9.72. The molecular formula is C11H15N3O3S. The predicted molar refractivity (Wildman–Crippen MR) is 66.1 cm³/mol. The van der Waals surface area contributed by atoms with Crippen LogP contribution < -0.4 is 15.8 Å². The van der Waals surface area contributed by atoms with E-state index in [9.17, 15) is 13.2 Å². The van der Waals surface area contributed by atoms with Crippen LogP contribution in [0.25, 0.3) is 0 Å². The van der Waals surface area contributed by atoms with E-state index in [4.69, 9.17) is 5.73 Å². The van der Waals surface area contributed by atoms with E-state index in [1.807, 2.05) is 0 Å². The van der Waals surface area contributed by atoms with Gasteiger partial charge in [-0.1, -0.05) is 18.2 Å². The number of nitrogens with two attached hydrogens (primary N) is 1. The number of carbonyl (C=O) groups is 1. The number of rotatable bonds is 4. The number of amides is 1. The van der Waals surface area contributed by atoms with E-state index in [2.05, 4.69) is 10.0 Å². The fourth-order valence-corrected chi connectivity index (χ4v) is 3.39. The monoisotopic (exact) mass is 269 g/mol. The SMILES string of the molecule is NCc1ccccc1S(=O)(=O)NC1CNC(=O)C1. The van der Waals surface area contributed by atoms with Crippen molar-refractivity contribution in [3.8, 4) is 0 Å². The molecule has 1 heterocycles. The van der Waals surface area contributed by atoms with E-state index >= 15 is 0 Å². The average molecular weight is 269 g/mol. The quantitative estimate of drug-likeness (QED) is 0.673. The molecule has 1 unspecified atom stereocenters. The lowest BCUT2D eigenvalue weighted by atomic mass is 10.2. The third-order valence-corrected chi connectivity index (χ3v) is 4.40. The molecule has 18 heavy (non-hydrogen) atoms. The van der Waals surface area contributed by atoms with Gasteiger partial charge in [0.05, 0.1) is 4.90 Å². The van der Waals surface area contributed by atoms with Crippen LogP contribution in [0.4, 0.5) is 0 Å². The molecule has 1 aromatic carbocycles. The zero-order valence-corrected chi connectivity index (χ0v) is 10.5. The normalized spacial score (nSPS) is 19.8.